The number of hydrogen-bond acceptors (Lipinski definition) is 2. The van der Waals surface area contributed by atoms with Gasteiger partial charge in [-0.05, 0) is 23.8 Å². The highest BCUT2D eigenvalue weighted by Crippen LogP contribution is 2.32. The van der Waals surface area contributed by atoms with Gasteiger partial charge in [0.2, 0.25) is 0 Å². The van der Waals surface area contributed by atoms with Gasteiger partial charge in [-0.15, -0.1) is 0 Å². The van der Waals surface area contributed by atoms with Crippen LogP contribution in [-0.4, -0.2) is 4.98 Å². The summed E-state index contributed by atoms with van der Waals surface area (Å²) in [6.07, 6.45) is 0.318. The molecule has 0 aliphatic carbocycles. The first kappa shape index (κ1) is 14.1. The maximum Gasteiger partial charge on any atom is 0.0895 e. The van der Waals surface area contributed by atoms with Crippen LogP contribution >= 0.6 is 23.2 Å². The van der Waals surface area contributed by atoms with Crippen molar-refractivity contribution >= 4 is 34.1 Å². The smallest absolute Gasteiger partial charge is 0.0895 e. The SMILES string of the molecule is CC(C)(C)c1cc(CC#N)c2cc(Cl)cc(Cl)c2n1. The summed E-state index contributed by atoms with van der Waals surface area (Å²) in [4.78, 5) is 4.63. The van der Waals surface area contributed by atoms with Crippen LogP contribution in [0.1, 0.15) is 32.0 Å². The molecule has 0 atom stereocenters. The Labute approximate surface area is 123 Å². The van der Waals surface area contributed by atoms with Gasteiger partial charge < -0.3 is 0 Å². The van der Waals surface area contributed by atoms with Crippen LogP contribution in [0.3, 0.4) is 0 Å². The molecule has 1 aromatic carbocycles. The van der Waals surface area contributed by atoms with E-state index in [1.54, 1.807) is 6.07 Å². The van der Waals surface area contributed by atoms with E-state index in [4.69, 9.17) is 28.5 Å². The van der Waals surface area contributed by atoms with E-state index in [-0.39, 0.29) is 5.41 Å². The quantitative estimate of drug-likeness (QED) is 0.749. The molecule has 0 bridgehead atoms. The second-order valence-electron chi connectivity index (χ2n) is 5.54. The molecule has 0 saturated heterocycles. The van der Waals surface area contributed by atoms with E-state index in [0.29, 0.717) is 22.0 Å². The first-order valence-corrected chi connectivity index (χ1v) is 6.74. The van der Waals surface area contributed by atoms with Gasteiger partial charge in [0.05, 0.1) is 23.0 Å². The number of pyridine rings is 1. The van der Waals surface area contributed by atoms with Crippen LogP contribution in [0.5, 0.6) is 0 Å². The number of hydrogen-bond donors (Lipinski definition) is 0. The van der Waals surface area contributed by atoms with Crippen molar-refractivity contribution in [1.82, 2.24) is 4.98 Å². The van der Waals surface area contributed by atoms with Crippen molar-refractivity contribution < 1.29 is 0 Å². The molecule has 4 heteroatoms. The van der Waals surface area contributed by atoms with E-state index in [9.17, 15) is 0 Å². The van der Waals surface area contributed by atoms with E-state index in [0.717, 1.165) is 16.6 Å². The molecule has 0 spiro atoms. The van der Waals surface area contributed by atoms with Crippen LogP contribution < -0.4 is 0 Å². The summed E-state index contributed by atoms with van der Waals surface area (Å²) >= 11 is 12.3. The van der Waals surface area contributed by atoms with Gasteiger partial charge in [-0.25, -0.2) is 0 Å². The zero-order valence-electron chi connectivity index (χ0n) is 11.1. The summed E-state index contributed by atoms with van der Waals surface area (Å²) in [5, 5.41) is 10.9. The van der Waals surface area contributed by atoms with Crippen molar-refractivity contribution in [2.75, 3.05) is 0 Å². The van der Waals surface area contributed by atoms with E-state index in [1.165, 1.54) is 0 Å². The molecule has 0 saturated carbocycles. The Balaban J connectivity index is 2.84. The Kier molecular flexibility index (Phi) is 3.71. The molecule has 1 heterocycles. The highest BCUT2D eigenvalue weighted by atomic mass is 35.5. The number of nitriles is 1. The summed E-state index contributed by atoms with van der Waals surface area (Å²) in [6, 6.07) is 7.65. The van der Waals surface area contributed by atoms with Crippen molar-refractivity contribution in [3.8, 4) is 6.07 Å². The lowest BCUT2D eigenvalue weighted by Crippen LogP contribution is -2.14. The maximum atomic E-state index is 8.98. The van der Waals surface area contributed by atoms with Gasteiger partial charge in [-0.1, -0.05) is 44.0 Å². The Morgan fingerprint density at radius 3 is 2.47 bits per heavy atom. The lowest BCUT2D eigenvalue weighted by molar-refractivity contribution is 0.571. The average molecular weight is 293 g/mol. The standard InChI is InChI=1S/C15H14Cl2N2/c1-15(2,3)13-6-9(4-5-18)11-7-10(16)8-12(17)14(11)19-13/h6-8H,4H2,1-3H3. The van der Waals surface area contributed by atoms with Crippen molar-refractivity contribution in [2.45, 2.75) is 32.6 Å². The molecule has 0 aliphatic heterocycles. The Hall–Kier alpha value is -1.30. The van der Waals surface area contributed by atoms with Crippen LogP contribution in [-0.2, 0) is 11.8 Å². The number of nitrogens with zero attached hydrogens (tertiary/aromatic N) is 2. The number of halogens is 2. The largest absolute Gasteiger partial charge is 0.251 e. The molecule has 0 radical (unpaired) electrons. The van der Waals surface area contributed by atoms with Gasteiger partial charge in [-0.2, -0.15) is 5.26 Å². The first-order valence-electron chi connectivity index (χ1n) is 5.99. The second-order valence-corrected chi connectivity index (χ2v) is 6.38. The number of rotatable bonds is 1. The van der Waals surface area contributed by atoms with Crippen molar-refractivity contribution in [3.05, 3.63) is 39.5 Å². The Bertz CT molecular complexity index is 679. The molecule has 0 unspecified atom stereocenters. The molecule has 2 nitrogen and oxygen atoms in total. The molecular formula is C15H14Cl2N2. The zero-order chi connectivity index (χ0) is 14.2. The number of fused-ring (bicyclic) bond motifs is 1. The fraction of sp³-hybridized carbons (Fsp3) is 0.333. The van der Waals surface area contributed by atoms with E-state index >= 15 is 0 Å². The van der Waals surface area contributed by atoms with E-state index < -0.39 is 0 Å². The summed E-state index contributed by atoms with van der Waals surface area (Å²) in [5.41, 5.74) is 2.46. The highest BCUT2D eigenvalue weighted by molar-refractivity contribution is 6.38. The van der Waals surface area contributed by atoms with Gasteiger partial charge in [0, 0.05) is 21.5 Å². The summed E-state index contributed by atoms with van der Waals surface area (Å²) in [6.45, 7) is 6.25. The van der Waals surface area contributed by atoms with Gasteiger partial charge >= 0.3 is 0 Å². The maximum absolute atomic E-state index is 8.98. The molecule has 19 heavy (non-hydrogen) atoms. The normalized spacial score (nSPS) is 11.6. The van der Waals surface area contributed by atoms with Gasteiger partial charge in [0.1, 0.15) is 0 Å². The summed E-state index contributed by atoms with van der Waals surface area (Å²) in [5.74, 6) is 0. The summed E-state index contributed by atoms with van der Waals surface area (Å²) < 4.78 is 0. The van der Waals surface area contributed by atoms with Crippen molar-refractivity contribution in [1.29, 1.82) is 5.26 Å². The van der Waals surface area contributed by atoms with Gasteiger partial charge in [-0.3, -0.25) is 4.98 Å². The predicted molar refractivity (Wildman–Crippen MR) is 79.8 cm³/mol. The summed E-state index contributed by atoms with van der Waals surface area (Å²) in [7, 11) is 0. The van der Waals surface area contributed by atoms with Crippen molar-refractivity contribution in [2.24, 2.45) is 0 Å². The second kappa shape index (κ2) is 5.00. The molecule has 0 amide bonds. The van der Waals surface area contributed by atoms with Crippen LogP contribution in [0.2, 0.25) is 10.0 Å². The van der Waals surface area contributed by atoms with Crippen LogP contribution in [0, 0.1) is 11.3 Å². The zero-order valence-corrected chi connectivity index (χ0v) is 12.6. The molecule has 2 rings (SSSR count). The van der Waals surface area contributed by atoms with Crippen molar-refractivity contribution in [3.63, 3.8) is 0 Å². The van der Waals surface area contributed by atoms with Gasteiger partial charge in [0.25, 0.3) is 0 Å². The monoisotopic (exact) mass is 292 g/mol. The van der Waals surface area contributed by atoms with E-state index in [1.807, 2.05) is 12.1 Å². The molecule has 0 N–H and O–H groups in total. The highest BCUT2D eigenvalue weighted by Gasteiger charge is 2.19. The molecule has 0 fully saturated rings. The molecule has 1 aromatic heterocycles. The lowest BCUT2D eigenvalue weighted by Gasteiger charge is -2.20. The number of benzene rings is 1. The average Bonchev–Trinajstić information content (AvgIpc) is 2.28. The third-order valence-electron chi connectivity index (χ3n) is 2.96. The van der Waals surface area contributed by atoms with E-state index in [2.05, 4.69) is 31.8 Å². The Morgan fingerprint density at radius 1 is 1.21 bits per heavy atom. The van der Waals surface area contributed by atoms with Gasteiger partial charge in [0.15, 0.2) is 0 Å². The molecule has 0 aliphatic rings. The molecular weight excluding hydrogens is 279 g/mol. The fourth-order valence-electron chi connectivity index (χ4n) is 1.94. The molecule has 98 valence electrons. The minimum Gasteiger partial charge on any atom is -0.251 e. The molecule has 2 aromatic rings. The third kappa shape index (κ3) is 2.83. The first-order chi connectivity index (χ1) is 8.82. The predicted octanol–water partition coefficient (Wildman–Crippen LogP) is 4.91. The number of aromatic nitrogens is 1. The van der Waals surface area contributed by atoms with Crippen LogP contribution in [0.15, 0.2) is 18.2 Å². The Morgan fingerprint density at radius 2 is 1.89 bits per heavy atom. The fourth-order valence-corrected chi connectivity index (χ4v) is 2.47. The van der Waals surface area contributed by atoms with Crippen LogP contribution in [0.4, 0.5) is 0 Å². The minimum absolute atomic E-state index is 0.0959. The topological polar surface area (TPSA) is 36.7 Å². The third-order valence-corrected chi connectivity index (χ3v) is 3.46. The lowest BCUT2D eigenvalue weighted by atomic mass is 9.89. The minimum atomic E-state index is -0.0959. The van der Waals surface area contributed by atoms with Crippen LogP contribution in [0.25, 0.3) is 10.9 Å².